The number of nitrogens with one attached hydrogen (secondary N) is 1. The molecule has 1 amide bonds. The Hall–Kier alpha value is -3.08. The van der Waals surface area contributed by atoms with Crippen LogP contribution < -0.4 is 5.56 Å². The van der Waals surface area contributed by atoms with Gasteiger partial charge in [-0.05, 0) is 36.2 Å². The molecule has 4 rings (SSSR count). The molecule has 0 bridgehead atoms. The fraction of sp³-hybridized carbons (Fsp3) is 0.238. The number of allylic oxidation sites excluding steroid dienone is 1. The van der Waals surface area contributed by atoms with E-state index in [1.807, 2.05) is 41.4 Å². The lowest BCUT2D eigenvalue weighted by molar-refractivity contribution is 0.0763. The monoisotopic (exact) mass is 347 g/mol. The number of aromatic nitrogens is 2. The Morgan fingerprint density at radius 2 is 2.00 bits per heavy atom. The number of amides is 1. The third-order valence-corrected chi connectivity index (χ3v) is 5.06. The van der Waals surface area contributed by atoms with Crippen molar-refractivity contribution in [3.8, 4) is 0 Å². The second-order valence-electron chi connectivity index (χ2n) is 6.61. The molecule has 5 nitrogen and oxygen atoms in total. The van der Waals surface area contributed by atoms with E-state index in [-0.39, 0.29) is 11.5 Å². The molecule has 0 unspecified atom stereocenters. The van der Waals surface area contributed by atoms with Crippen molar-refractivity contribution >= 4 is 16.8 Å². The van der Waals surface area contributed by atoms with Crippen LogP contribution in [-0.4, -0.2) is 33.4 Å². The maximum atomic E-state index is 13.0. The van der Waals surface area contributed by atoms with Crippen LogP contribution in [0.4, 0.5) is 0 Å². The lowest BCUT2D eigenvalue weighted by atomic mass is 10.1. The predicted molar refractivity (Wildman–Crippen MR) is 103 cm³/mol. The van der Waals surface area contributed by atoms with Gasteiger partial charge in [-0.3, -0.25) is 9.59 Å². The minimum absolute atomic E-state index is 0.0127. The van der Waals surface area contributed by atoms with Gasteiger partial charge in [0.2, 0.25) is 0 Å². The average Bonchev–Trinajstić information content (AvgIpc) is 3.02. The molecule has 3 aromatic rings. The van der Waals surface area contributed by atoms with Crippen LogP contribution in [-0.2, 0) is 19.4 Å². The Balaban J connectivity index is 1.60. The van der Waals surface area contributed by atoms with Crippen molar-refractivity contribution in [1.82, 2.24) is 14.5 Å². The number of carbonyl (C=O) groups is 1. The fourth-order valence-corrected chi connectivity index (χ4v) is 3.70. The molecule has 3 heterocycles. The van der Waals surface area contributed by atoms with E-state index in [2.05, 4.69) is 11.6 Å². The molecule has 0 saturated heterocycles. The van der Waals surface area contributed by atoms with Gasteiger partial charge in [-0.1, -0.05) is 12.1 Å². The van der Waals surface area contributed by atoms with Gasteiger partial charge in [0, 0.05) is 60.5 Å². The Labute approximate surface area is 151 Å². The van der Waals surface area contributed by atoms with Crippen LogP contribution >= 0.6 is 0 Å². The normalized spacial score (nSPS) is 14.1. The van der Waals surface area contributed by atoms with Gasteiger partial charge in [-0.2, -0.15) is 0 Å². The molecule has 1 aliphatic rings. The summed E-state index contributed by atoms with van der Waals surface area (Å²) in [6.45, 7) is 5.51. The first kappa shape index (κ1) is 16.4. The Morgan fingerprint density at radius 1 is 1.15 bits per heavy atom. The third-order valence-electron chi connectivity index (χ3n) is 5.06. The highest BCUT2D eigenvalue weighted by atomic mass is 16.2. The van der Waals surface area contributed by atoms with Gasteiger partial charge in [-0.15, -0.1) is 6.58 Å². The Kier molecular flexibility index (Phi) is 4.21. The van der Waals surface area contributed by atoms with Crippen molar-refractivity contribution in [2.24, 2.45) is 0 Å². The number of nitrogens with zero attached hydrogens (tertiary/aromatic N) is 2. The third kappa shape index (κ3) is 2.86. The summed E-state index contributed by atoms with van der Waals surface area (Å²) in [5.41, 5.74) is 3.88. The molecular weight excluding hydrogens is 326 g/mol. The van der Waals surface area contributed by atoms with Gasteiger partial charge in [0.05, 0.1) is 0 Å². The highest BCUT2D eigenvalue weighted by Crippen LogP contribution is 2.19. The molecule has 0 spiro atoms. The van der Waals surface area contributed by atoms with Crippen LogP contribution in [0.1, 0.15) is 21.6 Å². The van der Waals surface area contributed by atoms with Crippen LogP contribution in [0.5, 0.6) is 0 Å². The first-order valence-corrected chi connectivity index (χ1v) is 8.86. The molecule has 0 aliphatic carbocycles. The zero-order valence-electron chi connectivity index (χ0n) is 14.6. The minimum atomic E-state index is -0.0127. The standard InChI is InChI=1S/C21H21N3O2/c1-2-11-24-19-9-13-23(12-8-15(19)4-6-20(24)25)21(26)17-3-5-18-16(14-17)7-10-22-18/h2-7,10,14,22H,1,8-9,11-13H2. The van der Waals surface area contributed by atoms with E-state index in [0.29, 0.717) is 31.6 Å². The minimum Gasteiger partial charge on any atom is -0.361 e. The SMILES string of the molecule is C=CCn1c2c(ccc1=O)CCN(C(=O)c1ccc3[nH]ccc3c1)CC2. The number of H-pyrrole nitrogens is 1. The van der Waals surface area contributed by atoms with E-state index in [1.165, 1.54) is 0 Å². The van der Waals surface area contributed by atoms with E-state index in [1.54, 1.807) is 16.7 Å². The van der Waals surface area contributed by atoms with Crippen molar-refractivity contribution in [3.05, 3.63) is 82.4 Å². The van der Waals surface area contributed by atoms with Crippen molar-refractivity contribution in [3.63, 3.8) is 0 Å². The Bertz CT molecular complexity index is 1040. The molecule has 26 heavy (non-hydrogen) atoms. The summed E-state index contributed by atoms with van der Waals surface area (Å²) in [7, 11) is 0. The summed E-state index contributed by atoms with van der Waals surface area (Å²) in [5, 5.41) is 1.04. The smallest absolute Gasteiger partial charge is 0.253 e. The van der Waals surface area contributed by atoms with Crippen LogP contribution in [0.15, 0.2) is 60.0 Å². The van der Waals surface area contributed by atoms with E-state index in [0.717, 1.165) is 28.6 Å². The number of hydrogen-bond acceptors (Lipinski definition) is 2. The Morgan fingerprint density at radius 3 is 2.85 bits per heavy atom. The van der Waals surface area contributed by atoms with Crippen molar-refractivity contribution in [1.29, 1.82) is 0 Å². The van der Waals surface area contributed by atoms with Gasteiger partial charge in [0.1, 0.15) is 0 Å². The summed E-state index contributed by atoms with van der Waals surface area (Å²) >= 11 is 0. The molecule has 1 aliphatic heterocycles. The number of carbonyl (C=O) groups excluding carboxylic acids is 1. The zero-order chi connectivity index (χ0) is 18.1. The van der Waals surface area contributed by atoms with Gasteiger partial charge >= 0.3 is 0 Å². The number of aromatic amines is 1. The van der Waals surface area contributed by atoms with Crippen molar-refractivity contribution in [2.45, 2.75) is 19.4 Å². The molecular formula is C21H21N3O2. The number of hydrogen-bond donors (Lipinski definition) is 1. The maximum absolute atomic E-state index is 13.0. The summed E-state index contributed by atoms with van der Waals surface area (Å²) in [5.74, 6) is 0.0403. The van der Waals surface area contributed by atoms with Gasteiger partial charge in [0.25, 0.3) is 11.5 Å². The number of pyridine rings is 1. The van der Waals surface area contributed by atoms with E-state index in [4.69, 9.17) is 0 Å². The highest BCUT2D eigenvalue weighted by Gasteiger charge is 2.21. The summed E-state index contributed by atoms with van der Waals surface area (Å²) in [4.78, 5) is 30.2. The predicted octanol–water partition coefficient (Wildman–Crippen LogP) is 2.76. The van der Waals surface area contributed by atoms with Gasteiger partial charge < -0.3 is 14.5 Å². The number of rotatable bonds is 3. The van der Waals surface area contributed by atoms with Crippen molar-refractivity contribution < 1.29 is 4.79 Å². The second kappa shape index (κ2) is 6.67. The number of fused-ring (bicyclic) bond motifs is 2. The van der Waals surface area contributed by atoms with Crippen molar-refractivity contribution in [2.75, 3.05) is 13.1 Å². The van der Waals surface area contributed by atoms with Crippen LogP contribution in [0.2, 0.25) is 0 Å². The van der Waals surface area contributed by atoms with Gasteiger partial charge in [-0.25, -0.2) is 0 Å². The molecule has 0 fully saturated rings. The largest absolute Gasteiger partial charge is 0.361 e. The highest BCUT2D eigenvalue weighted by molar-refractivity contribution is 5.98. The summed E-state index contributed by atoms with van der Waals surface area (Å²) in [6, 6.07) is 11.2. The summed E-state index contributed by atoms with van der Waals surface area (Å²) in [6.07, 6.45) is 5.05. The average molecular weight is 347 g/mol. The molecule has 132 valence electrons. The maximum Gasteiger partial charge on any atom is 0.253 e. The topological polar surface area (TPSA) is 58.1 Å². The van der Waals surface area contributed by atoms with E-state index >= 15 is 0 Å². The molecule has 0 atom stereocenters. The molecule has 2 aromatic heterocycles. The first-order valence-electron chi connectivity index (χ1n) is 8.86. The molecule has 5 heteroatoms. The van der Waals surface area contributed by atoms with E-state index in [9.17, 15) is 9.59 Å². The molecule has 0 radical (unpaired) electrons. The fourth-order valence-electron chi connectivity index (χ4n) is 3.70. The quantitative estimate of drug-likeness (QED) is 0.741. The van der Waals surface area contributed by atoms with Crippen LogP contribution in [0.25, 0.3) is 10.9 Å². The molecule has 0 saturated carbocycles. The zero-order valence-corrected chi connectivity index (χ0v) is 14.6. The van der Waals surface area contributed by atoms with Gasteiger partial charge in [0.15, 0.2) is 0 Å². The van der Waals surface area contributed by atoms with E-state index < -0.39 is 0 Å². The summed E-state index contributed by atoms with van der Waals surface area (Å²) < 4.78 is 1.77. The second-order valence-corrected chi connectivity index (χ2v) is 6.61. The lowest BCUT2D eigenvalue weighted by Gasteiger charge is -2.20. The van der Waals surface area contributed by atoms with Crippen LogP contribution in [0, 0.1) is 0 Å². The molecule has 1 N–H and O–H groups in total. The lowest BCUT2D eigenvalue weighted by Crippen LogP contribution is -2.33. The molecule has 1 aromatic carbocycles. The van der Waals surface area contributed by atoms with Crippen LogP contribution in [0.3, 0.4) is 0 Å². The first-order chi connectivity index (χ1) is 12.7. The number of benzene rings is 1.